The molecule has 0 aliphatic carbocycles. The number of rotatable bonds is 11. The molecule has 0 fully saturated rings. The first-order valence-corrected chi connectivity index (χ1v) is 5.50. The number of aliphatic hydroxyl groups is 1. The normalized spacial score (nSPS) is 10.3. The number of hydrogen-bond donors (Lipinski definition) is 1. The van der Waals surface area contributed by atoms with E-state index in [0.717, 1.165) is 4.90 Å². The van der Waals surface area contributed by atoms with Crippen molar-refractivity contribution in [2.24, 2.45) is 0 Å². The van der Waals surface area contributed by atoms with Gasteiger partial charge in [-0.25, -0.2) is 0 Å². The minimum absolute atomic E-state index is 0. The minimum atomic E-state index is -1.45. The summed E-state index contributed by atoms with van der Waals surface area (Å²) in [5, 5.41) is 40.0. The summed E-state index contributed by atoms with van der Waals surface area (Å²) in [6, 6.07) is 0. The van der Waals surface area contributed by atoms with Crippen LogP contribution in [0.4, 0.5) is 0 Å². The average molecular weight is 298 g/mol. The molecule has 20 heavy (non-hydrogen) atoms. The summed E-state index contributed by atoms with van der Waals surface area (Å²) in [6.45, 7) is -1.83. The van der Waals surface area contributed by atoms with Crippen molar-refractivity contribution in [2.45, 2.75) is 0 Å². The van der Waals surface area contributed by atoms with Crippen LogP contribution in [0.2, 0.25) is 0 Å². The van der Waals surface area contributed by atoms with Gasteiger partial charge in [0.1, 0.15) is 0 Å². The monoisotopic (exact) mass is 298 g/mol. The Balaban J connectivity index is 0. The molecule has 9 nitrogen and oxygen atoms in total. The second-order valence-corrected chi connectivity index (χ2v) is 3.83. The number of carboxylic acids is 3. The maximum Gasteiger partial charge on any atom is 1.00 e. The molecule has 0 bridgehead atoms. The molecule has 0 unspecified atom stereocenters. The van der Waals surface area contributed by atoms with Crippen LogP contribution in [-0.4, -0.2) is 78.7 Å². The largest absolute Gasteiger partial charge is 1.00 e. The molecule has 0 aromatic rings. The topological polar surface area (TPSA) is 147 Å². The summed E-state index contributed by atoms with van der Waals surface area (Å²) in [4.78, 5) is 33.6. The number of aliphatic carboxylic acids is 3. The number of carbonyl (C=O) groups is 3. The van der Waals surface area contributed by atoms with Crippen molar-refractivity contribution in [1.29, 1.82) is 0 Å². The molecule has 0 amide bonds. The van der Waals surface area contributed by atoms with E-state index >= 15 is 0 Å². The Labute approximate surface area is 138 Å². The number of nitrogens with zero attached hydrogens (tertiary/aromatic N) is 2. The van der Waals surface area contributed by atoms with E-state index in [2.05, 4.69) is 0 Å². The van der Waals surface area contributed by atoms with Crippen LogP contribution in [0.5, 0.6) is 0 Å². The number of aliphatic hydroxyl groups excluding tert-OH is 1. The molecule has 0 radical (unpaired) electrons. The fraction of sp³-hybridized carbons (Fsp3) is 0.700. The summed E-state index contributed by atoms with van der Waals surface area (Å²) >= 11 is 0. The van der Waals surface area contributed by atoms with Crippen molar-refractivity contribution in [3.8, 4) is 0 Å². The van der Waals surface area contributed by atoms with E-state index in [1.54, 1.807) is 0 Å². The van der Waals surface area contributed by atoms with Crippen LogP contribution in [0.25, 0.3) is 0 Å². The predicted octanol–water partition coefficient (Wildman–Crippen LogP) is -9.16. The van der Waals surface area contributed by atoms with Crippen molar-refractivity contribution < 1.29 is 64.4 Å². The number of hydrogen-bond acceptors (Lipinski definition) is 9. The van der Waals surface area contributed by atoms with Crippen LogP contribution in [0.3, 0.4) is 0 Å². The maximum atomic E-state index is 10.4. The Hall–Kier alpha value is -0.710. The van der Waals surface area contributed by atoms with E-state index < -0.39 is 37.5 Å². The quantitative estimate of drug-likeness (QED) is 0.367. The van der Waals surface area contributed by atoms with Crippen molar-refractivity contribution in [3.05, 3.63) is 0 Å². The molecule has 110 valence electrons. The van der Waals surface area contributed by atoms with Gasteiger partial charge >= 0.3 is 29.6 Å². The molecule has 0 spiro atoms. The van der Waals surface area contributed by atoms with Gasteiger partial charge in [-0.2, -0.15) is 0 Å². The van der Waals surface area contributed by atoms with Crippen molar-refractivity contribution in [2.75, 3.05) is 45.9 Å². The van der Waals surface area contributed by atoms with Gasteiger partial charge in [0.15, 0.2) is 0 Å². The van der Waals surface area contributed by atoms with Crippen molar-refractivity contribution in [1.82, 2.24) is 9.80 Å². The summed E-state index contributed by atoms with van der Waals surface area (Å²) in [5.74, 6) is -4.25. The first-order valence-electron chi connectivity index (χ1n) is 5.50. The molecule has 0 heterocycles. The molecule has 0 aromatic heterocycles. The fourth-order valence-corrected chi connectivity index (χ4v) is 1.46. The van der Waals surface area contributed by atoms with Crippen LogP contribution >= 0.6 is 0 Å². The zero-order valence-corrected chi connectivity index (χ0v) is 13.2. The standard InChI is InChI=1S/C10H18N2O7.Na/c13-4-3-11(5-8(14)15)1-2-12(6-9(16)17)7-10(18)19;/h13H,1-7H2,(H,14,15)(H,16,17)(H,18,19);/q;+1/p-3. The van der Waals surface area contributed by atoms with E-state index in [1.165, 1.54) is 4.90 Å². The molecule has 0 aliphatic heterocycles. The van der Waals surface area contributed by atoms with Crippen LogP contribution in [0.15, 0.2) is 0 Å². The van der Waals surface area contributed by atoms with E-state index in [0.29, 0.717) is 0 Å². The zero-order chi connectivity index (χ0) is 14.8. The molecule has 1 N–H and O–H groups in total. The van der Waals surface area contributed by atoms with Gasteiger partial charge in [0, 0.05) is 39.3 Å². The zero-order valence-electron chi connectivity index (χ0n) is 11.2. The molecular weight excluding hydrogens is 283 g/mol. The van der Waals surface area contributed by atoms with Crippen LogP contribution in [0.1, 0.15) is 0 Å². The van der Waals surface area contributed by atoms with Gasteiger partial charge in [-0.05, 0) is 0 Å². The van der Waals surface area contributed by atoms with E-state index in [-0.39, 0.29) is 55.8 Å². The molecule has 0 aliphatic rings. The van der Waals surface area contributed by atoms with Gasteiger partial charge in [-0.3, -0.25) is 9.80 Å². The fourth-order valence-electron chi connectivity index (χ4n) is 1.46. The summed E-state index contributed by atoms with van der Waals surface area (Å²) in [6.07, 6.45) is 0. The third-order valence-corrected chi connectivity index (χ3v) is 2.21. The van der Waals surface area contributed by atoms with Crippen LogP contribution in [0, 0.1) is 0 Å². The number of carboxylic acid groups (broad SMARTS) is 3. The molecule has 10 heteroatoms. The Morgan fingerprint density at radius 1 is 0.750 bits per heavy atom. The second kappa shape index (κ2) is 12.1. The summed E-state index contributed by atoms with van der Waals surface area (Å²) < 4.78 is 0. The van der Waals surface area contributed by atoms with Gasteiger partial charge < -0.3 is 34.8 Å². The van der Waals surface area contributed by atoms with Crippen molar-refractivity contribution >= 4 is 17.9 Å². The Morgan fingerprint density at radius 2 is 1.10 bits per heavy atom. The van der Waals surface area contributed by atoms with Gasteiger partial charge in [0.25, 0.3) is 0 Å². The second-order valence-electron chi connectivity index (χ2n) is 3.83. The first kappa shape index (κ1) is 21.6. The summed E-state index contributed by atoms with van der Waals surface area (Å²) in [7, 11) is 0. The smallest absolute Gasteiger partial charge is 0.549 e. The average Bonchev–Trinajstić information content (AvgIpc) is 2.23. The summed E-state index contributed by atoms with van der Waals surface area (Å²) in [5.41, 5.74) is 0. The first-order chi connectivity index (χ1) is 8.85. The SMILES string of the molecule is O=C([O-])CN(CCO)CCN(CC(=O)[O-])CC(=O)[O-].[Na+]. The van der Waals surface area contributed by atoms with E-state index in [9.17, 15) is 29.7 Å². The third kappa shape index (κ3) is 12.3. The molecule has 0 saturated carbocycles. The number of carbonyl (C=O) groups excluding carboxylic acids is 3. The van der Waals surface area contributed by atoms with E-state index in [1.807, 2.05) is 0 Å². The Kier molecular flexibility index (Phi) is 13.0. The molecule has 0 aromatic carbocycles. The van der Waals surface area contributed by atoms with Crippen LogP contribution in [-0.2, 0) is 14.4 Å². The van der Waals surface area contributed by atoms with Crippen LogP contribution < -0.4 is 44.9 Å². The Bertz CT molecular complexity index is 311. The van der Waals surface area contributed by atoms with Gasteiger partial charge in [-0.15, -0.1) is 0 Å². The van der Waals surface area contributed by atoms with E-state index in [4.69, 9.17) is 5.11 Å². The molecule has 0 atom stereocenters. The third-order valence-electron chi connectivity index (χ3n) is 2.21. The molecule has 0 rings (SSSR count). The van der Waals surface area contributed by atoms with Gasteiger partial charge in [0.05, 0.1) is 24.5 Å². The molecule has 0 saturated heterocycles. The molecular formula is C10H15N2NaO7-2. The Morgan fingerprint density at radius 3 is 1.45 bits per heavy atom. The van der Waals surface area contributed by atoms with Crippen molar-refractivity contribution in [3.63, 3.8) is 0 Å². The van der Waals surface area contributed by atoms with Gasteiger partial charge in [0.2, 0.25) is 0 Å². The minimum Gasteiger partial charge on any atom is -0.549 e. The predicted molar refractivity (Wildman–Crippen MR) is 55.0 cm³/mol. The maximum absolute atomic E-state index is 10.4. The van der Waals surface area contributed by atoms with Gasteiger partial charge in [-0.1, -0.05) is 0 Å².